The number of nitrogens with one attached hydrogen (secondary N) is 3. The first-order valence-corrected chi connectivity index (χ1v) is 14.1. The first-order valence-electron chi connectivity index (χ1n) is 14.1. The number of rotatable bonds is 10. The number of amides is 1. The molecular formula is C31H43N3O4. The number of benzene rings is 1. The summed E-state index contributed by atoms with van der Waals surface area (Å²) in [4.78, 5) is 16.4. The molecule has 2 heterocycles. The SMILES string of the molecule is CC1(C)C[C@H](NCc2ccc(CO)o2)[C@@]2(CCC(=O)NCCc3c[nH]c4ccccc34)CC[C@](C)(O)C[C@@H]12. The van der Waals surface area contributed by atoms with Crippen LogP contribution in [0, 0.1) is 16.7 Å². The van der Waals surface area contributed by atoms with Gasteiger partial charge < -0.3 is 30.2 Å². The highest BCUT2D eigenvalue weighted by molar-refractivity contribution is 5.83. The van der Waals surface area contributed by atoms with Gasteiger partial charge in [-0.25, -0.2) is 0 Å². The van der Waals surface area contributed by atoms with Gasteiger partial charge in [0, 0.05) is 36.1 Å². The Morgan fingerprint density at radius 1 is 1.11 bits per heavy atom. The van der Waals surface area contributed by atoms with Crippen LogP contribution in [0.2, 0.25) is 0 Å². The van der Waals surface area contributed by atoms with Gasteiger partial charge in [-0.15, -0.1) is 0 Å². The Bertz CT molecular complexity index is 1260. The van der Waals surface area contributed by atoms with Crippen molar-refractivity contribution in [2.45, 2.75) is 90.5 Å². The molecule has 38 heavy (non-hydrogen) atoms. The van der Waals surface area contributed by atoms with E-state index in [9.17, 15) is 15.0 Å². The Labute approximate surface area is 225 Å². The standard InChI is InChI=1S/C31H43N3O4/c1-29(2)17-27(34-19-22-8-9-23(20-35)38-22)31(14-13-30(3,37)16-26(29)31)12-10-28(36)32-15-11-21-18-33-25-7-5-4-6-24(21)25/h4-9,18,26-27,33-35,37H,10-17,19-20H2,1-3H3,(H,32,36)/t26-,27-,30-,31-/m0/s1. The minimum atomic E-state index is -0.668. The zero-order valence-electron chi connectivity index (χ0n) is 23.0. The minimum absolute atomic E-state index is 0.0489. The highest BCUT2D eigenvalue weighted by Gasteiger charge is 2.61. The Morgan fingerprint density at radius 3 is 2.68 bits per heavy atom. The van der Waals surface area contributed by atoms with E-state index in [-0.39, 0.29) is 29.4 Å². The normalized spacial score (nSPS) is 28.4. The topological polar surface area (TPSA) is 111 Å². The van der Waals surface area contributed by atoms with Crippen molar-refractivity contribution in [3.63, 3.8) is 0 Å². The molecule has 2 fully saturated rings. The Hall–Kier alpha value is -2.61. The van der Waals surface area contributed by atoms with Crippen LogP contribution in [0.15, 0.2) is 47.0 Å². The van der Waals surface area contributed by atoms with E-state index >= 15 is 0 Å². The molecule has 0 aliphatic heterocycles. The van der Waals surface area contributed by atoms with E-state index in [0.29, 0.717) is 31.2 Å². The van der Waals surface area contributed by atoms with Crippen LogP contribution < -0.4 is 10.6 Å². The van der Waals surface area contributed by atoms with Gasteiger partial charge in [-0.1, -0.05) is 32.0 Å². The minimum Gasteiger partial charge on any atom is -0.462 e. The molecule has 2 aromatic heterocycles. The van der Waals surface area contributed by atoms with E-state index in [2.05, 4.69) is 41.6 Å². The molecule has 5 N–H and O–H groups in total. The van der Waals surface area contributed by atoms with Gasteiger partial charge in [0.25, 0.3) is 0 Å². The van der Waals surface area contributed by atoms with E-state index in [1.807, 2.05) is 37.4 Å². The number of hydrogen-bond donors (Lipinski definition) is 5. The lowest BCUT2D eigenvalue weighted by Gasteiger charge is -2.51. The average Bonchev–Trinajstić information content (AvgIpc) is 3.57. The zero-order valence-corrected chi connectivity index (χ0v) is 23.0. The highest BCUT2D eigenvalue weighted by atomic mass is 16.4. The van der Waals surface area contributed by atoms with Crippen molar-refractivity contribution in [2.24, 2.45) is 16.7 Å². The van der Waals surface area contributed by atoms with Crippen LogP contribution >= 0.6 is 0 Å². The second-order valence-electron chi connectivity index (χ2n) is 12.6. The number of furan rings is 1. The monoisotopic (exact) mass is 521 g/mol. The van der Waals surface area contributed by atoms with Crippen LogP contribution in [0.1, 0.15) is 76.4 Å². The van der Waals surface area contributed by atoms with Gasteiger partial charge in [0.05, 0.1) is 12.1 Å². The maximum atomic E-state index is 13.0. The Kier molecular flexibility index (Phi) is 7.46. The molecule has 2 saturated carbocycles. The highest BCUT2D eigenvalue weighted by Crippen LogP contribution is 2.63. The lowest BCUT2D eigenvalue weighted by molar-refractivity contribution is -0.123. The third kappa shape index (κ3) is 5.42. The smallest absolute Gasteiger partial charge is 0.220 e. The number of carbonyl (C=O) groups excluding carboxylic acids is 1. The molecule has 0 unspecified atom stereocenters. The number of carbonyl (C=O) groups is 1. The van der Waals surface area contributed by atoms with Gasteiger partial charge in [-0.2, -0.15) is 0 Å². The van der Waals surface area contributed by atoms with Crippen molar-refractivity contribution >= 4 is 16.8 Å². The van der Waals surface area contributed by atoms with Crippen LogP contribution in [-0.2, 0) is 24.4 Å². The van der Waals surface area contributed by atoms with Crippen molar-refractivity contribution in [2.75, 3.05) is 6.54 Å². The molecule has 4 atom stereocenters. The largest absolute Gasteiger partial charge is 0.462 e. The summed E-state index contributed by atoms with van der Waals surface area (Å²) in [5.41, 5.74) is 1.66. The molecule has 3 aromatic rings. The predicted octanol–water partition coefficient (Wildman–Crippen LogP) is 4.82. The molecule has 206 valence electrons. The Morgan fingerprint density at radius 2 is 1.89 bits per heavy atom. The first kappa shape index (κ1) is 27.0. The number of aromatic amines is 1. The molecule has 5 rings (SSSR count). The molecule has 2 aliphatic rings. The molecule has 0 saturated heterocycles. The van der Waals surface area contributed by atoms with Crippen LogP contribution in [0.25, 0.3) is 10.9 Å². The fraction of sp³-hybridized carbons (Fsp3) is 0.581. The summed E-state index contributed by atoms with van der Waals surface area (Å²) >= 11 is 0. The van der Waals surface area contributed by atoms with Crippen molar-refractivity contribution in [1.29, 1.82) is 0 Å². The van der Waals surface area contributed by atoms with Crippen molar-refractivity contribution < 1.29 is 19.4 Å². The summed E-state index contributed by atoms with van der Waals surface area (Å²) in [7, 11) is 0. The second kappa shape index (κ2) is 10.5. The summed E-state index contributed by atoms with van der Waals surface area (Å²) in [6.07, 6.45) is 7.50. The molecule has 7 nitrogen and oxygen atoms in total. The van der Waals surface area contributed by atoms with Crippen molar-refractivity contribution in [3.8, 4) is 0 Å². The third-order valence-electron chi connectivity index (χ3n) is 9.44. The summed E-state index contributed by atoms with van der Waals surface area (Å²) < 4.78 is 5.73. The quantitative estimate of drug-likeness (QED) is 0.263. The van der Waals surface area contributed by atoms with E-state index in [4.69, 9.17) is 4.42 Å². The van der Waals surface area contributed by atoms with E-state index in [0.717, 1.165) is 49.8 Å². The van der Waals surface area contributed by atoms with Crippen LogP contribution in [-0.4, -0.2) is 39.3 Å². The average molecular weight is 522 g/mol. The molecule has 0 spiro atoms. The van der Waals surface area contributed by atoms with Gasteiger partial charge >= 0.3 is 0 Å². The zero-order chi connectivity index (χ0) is 27.0. The van der Waals surface area contributed by atoms with Gasteiger partial charge in [0.15, 0.2) is 0 Å². The third-order valence-corrected chi connectivity index (χ3v) is 9.44. The van der Waals surface area contributed by atoms with Gasteiger partial charge in [-0.05, 0) is 86.0 Å². The summed E-state index contributed by atoms with van der Waals surface area (Å²) in [5, 5.41) is 28.5. The number of aromatic nitrogens is 1. The van der Waals surface area contributed by atoms with Gasteiger partial charge in [0.1, 0.15) is 18.1 Å². The summed E-state index contributed by atoms with van der Waals surface area (Å²) in [6.45, 7) is 7.69. The molecule has 7 heteroatoms. The lowest BCUT2D eigenvalue weighted by atomic mass is 9.57. The molecule has 0 bridgehead atoms. The van der Waals surface area contributed by atoms with E-state index in [1.54, 1.807) is 0 Å². The van der Waals surface area contributed by atoms with Gasteiger partial charge in [0.2, 0.25) is 5.91 Å². The number of para-hydroxylation sites is 1. The fourth-order valence-corrected chi connectivity index (χ4v) is 7.45. The van der Waals surface area contributed by atoms with E-state index < -0.39 is 5.60 Å². The maximum Gasteiger partial charge on any atom is 0.220 e. The molecular weight excluding hydrogens is 478 g/mol. The van der Waals surface area contributed by atoms with Crippen LogP contribution in [0.4, 0.5) is 0 Å². The lowest BCUT2D eigenvalue weighted by Crippen LogP contribution is -2.51. The molecule has 1 amide bonds. The maximum absolute atomic E-state index is 13.0. The predicted molar refractivity (Wildman–Crippen MR) is 148 cm³/mol. The molecule has 2 aliphatic carbocycles. The molecule has 0 radical (unpaired) electrons. The first-order chi connectivity index (χ1) is 18.1. The Balaban J connectivity index is 1.24. The van der Waals surface area contributed by atoms with Crippen LogP contribution in [0.5, 0.6) is 0 Å². The fourth-order valence-electron chi connectivity index (χ4n) is 7.45. The van der Waals surface area contributed by atoms with Gasteiger partial charge in [-0.3, -0.25) is 4.79 Å². The molecule has 1 aromatic carbocycles. The number of fused-ring (bicyclic) bond motifs is 2. The second-order valence-corrected chi connectivity index (χ2v) is 12.6. The number of hydrogen-bond acceptors (Lipinski definition) is 5. The number of H-pyrrole nitrogens is 1. The van der Waals surface area contributed by atoms with Crippen LogP contribution in [0.3, 0.4) is 0 Å². The summed E-state index contributed by atoms with van der Waals surface area (Å²) in [6, 6.07) is 12.2. The van der Waals surface area contributed by atoms with E-state index in [1.165, 1.54) is 10.9 Å². The summed E-state index contributed by atoms with van der Waals surface area (Å²) in [5.74, 6) is 1.79. The number of aliphatic hydroxyl groups is 2. The van der Waals surface area contributed by atoms with Crippen molar-refractivity contribution in [1.82, 2.24) is 15.6 Å². The van der Waals surface area contributed by atoms with Crippen molar-refractivity contribution in [3.05, 3.63) is 59.7 Å². The number of aliphatic hydroxyl groups excluding tert-OH is 1.